The van der Waals surface area contributed by atoms with E-state index < -0.39 is 11.7 Å². The van der Waals surface area contributed by atoms with Crippen molar-refractivity contribution >= 4 is 12.4 Å². The first-order valence-corrected chi connectivity index (χ1v) is 12.5. The quantitative estimate of drug-likeness (QED) is 0.608. The molecule has 0 radical (unpaired) electrons. The molecular weight excluding hydrogens is 448 g/mol. The number of carbonyl (C=O) groups is 2. The zero-order valence-corrected chi connectivity index (χ0v) is 20.4. The van der Waals surface area contributed by atoms with Crippen LogP contribution in [0.2, 0.25) is 0 Å². The molecule has 35 heavy (non-hydrogen) atoms. The van der Waals surface area contributed by atoms with Gasteiger partial charge >= 0.3 is 0 Å². The summed E-state index contributed by atoms with van der Waals surface area (Å²) in [5, 5.41) is 9.95. The Morgan fingerprint density at radius 1 is 1.26 bits per heavy atom. The number of nitrogens with one attached hydrogen (secondary N) is 1. The van der Waals surface area contributed by atoms with Crippen molar-refractivity contribution in [2.24, 2.45) is 5.92 Å². The van der Waals surface area contributed by atoms with Gasteiger partial charge in [0, 0.05) is 38.6 Å². The molecule has 1 atom stereocenters. The number of imidazole rings is 1. The summed E-state index contributed by atoms with van der Waals surface area (Å²) in [6, 6.07) is 7.75. The zero-order chi connectivity index (χ0) is 24.7. The van der Waals surface area contributed by atoms with Crippen LogP contribution >= 0.6 is 0 Å². The molecule has 1 aromatic heterocycles. The number of methoxy groups -OCH3 is 1. The standard InChI is InChI=1S/C25H34N4O3.CH2O2/c1-31-21-8-6-19(7-9-21)16-27-23(30)22-18-29-15-12-26-24(29)25(32-22)10-13-28(14-11-25)17-20-4-2-3-5-20;2-1-3/h6-9,12,15,20,22H,2-5,10-11,13-14,16-18H2,1H3,(H,27,30);1H,(H,2,3). The fourth-order valence-electron chi connectivity index (χ4n) is 5.58. The van der Waals surface area contributed by atoms with E-state index in [0.29, 0.717) is 13.1 Å². The minimum absolute atomic E-state index is 0.0621. The molecule has 190 valence electrons. The molecule has 9 heteroatoms. The van der Waals surface area contributed by atoms with Crippen LogP contribution in [0.3, 0.4) is 0 Å². The molecule has 3 heterocycles. The molecule has 2 fully saturated rings. The first-order valence-electron chi connectivity index (χ1n) is 12.5. The van der Waals surface area contributed by atoms with E-state index in [2.05, 4.69) is 19.8 Å². The number of aromatic nitrogens is 2. The molecule has 9 nitrogen and oxygen atoms in total. The second kappa shape index (κ2) is 11.7. The van der Waals surface area contributed by atoms with Gasteiger partial charge in [0.05, 0.1) is 13.7 Å². The Labute approximate surface area is 206 Å². The summed E-state index contributed by atoms with van der Waals surface area (Å²) in [6.45, 7) is 3.95. The topological polar surface area (TPSA) is 106 Å². The fourth-order valence-corrected chi connectivity index (χ4v) is 5.58. The summed E-state index contributed by atoms with van der Waals surface area (Å²) >= 11 is 0. The van der Waals surface area contributed by atoms with Gasteiger partial charge < -0.3 is 29.4 Å². The molecular formula is C26H36N4O5. The summed E-state index contributed by atoms with van der Waals surface area (Å²) < 4.78 is 13.9. The molecule has 1 spiro atoms. The van der Waals surface area contributed by atoms with Crippen molar-refractivity contribution in [3.05, 3.63) is 48.0 Å². The summed E-state index contributed by atoms with van der Waals surface area (Å²) in [5.41, 5.74) is 0.573. The molecule has 1 aliphatic carbocycles. The summed E-state index contributed by atoms with van der Waals surface area (Å²) in [6.07, 6.45) is 10.6. The van der Waals surface area contributed by atoms with Crippen LogP contribution in [-0.2, 0) is 33.0 Å². The van der Waals surface area contributed by atoms with Gasteiger partial charge in [0.15, 0.2) is 6.10 Å². The Balaban J connectivity index is 0.000000917. The number of hydrogen-bond donors (Lipinski definition) is 2. The van der Waals surface area contributed by atoms with Crippen LogP contribution in [0.25, 0.3) is 0 Å². The molecule has 1 saturated heterocycles. The molecule has 1 unspecified atom stereocenters. The summed E-state index contributed by atoms with van der Waals surface area (Å²) in [4.78, 5) is 28.6. The minimum Gasteiger partial charge on any atom is -0.497 e. The third kappa shape index (κ3) is 6.02. The Morgan fingerprint density at radius 3 is 2.60 bits per heavy atom. The van der Waals surface area contributed by atoms with E-state index in [9.17, 15) is 4.79 Å². The van der Waals surface area contributed by atoms with Gasteiger partial charge in [-0.3, -0.25) is 9.59 Å². The van der Waals surface area contributed by atoms with Crippen molar-refractivity contribution in [1.82, 2.24) is 19.8 Å². The lowest BCUT2D eigenvalue weighted by Crippen LogP contribution is -2.54. The lowest BCUT2D eigenvalue weighted by atomic mass is 9.88. The number of likely N-dealkylation sites (tertiary alicyclic amines) is 1. The van der Waals surface area contributed by atoms with Crippen LogP contribution < -0.4 is 10.1 Å². The Bertz CT molecular complexity index is 962. The molecule has 5 rings (SSSR count). The average molecular weight is 485 g/mol. The van der Waals surface area contributed by atoms with E-state index >= 15 is 0 Å². The number of carbonyl (C=O) groups excluding carboxylic acids is 1. The lowest BCUT2D eigenvalue weighted by Gasteiger charge is -2.46. The SMILES string of the molecule is COc1ccc(CNC(=O)C2Cn3ccnc3C3(CCN(CC4CCCC4)CC3)O2)cc1.O=CO. The van der Waals surface area contributed by atoms with Gasteiger partial charge in [-0.25, -0.2) is 4.98 Å². The number of nitrogens with zero attached hydrogens (tertiary/aromatic N) is 3. The molecule has 1 amide bonds. The monoisotopic (exact) mass is 484 g/mol. The van der Waals surface area contributed by atoms with Crippen LogP contribution in [0.4, 0.5) is 0 Å². The van der Waals surface area contributed by atoms with E-state index in [4.69, 9.17) is 19.4 Å². The summed E-state index contributed by atoms with van der Waals surface area (Å²) in [5.74, 6) is 2.59. The number of amides is 1. The van der Waals surface area contributed by atoms with Crippen molar-refractivity contribution in [2.75, 3.05) is 26.7 Å². The van der Waals surface area contributed by atoms with Crippen LogP contribution in [0.1, 0.15) is 49.9 Å². The van der Waals surface area contributed by atoms with Crippen LogP contribution in [-0.4, -0.2) is 64.8 Å². The molecule has 2 aromatic rings. The number of piperidine rings is 1. The van der Waals surface area contributed by atoms with Crippen LogP contribution in [0, 0.1) is 5.92 Å². The van der Waals surface area contributed by atoms with Gasteiger partial charge in [-0.05, 0) is 49.3 Å². The number of ether oxygens (including phenoxy) is 2. The average Bonchev–Trinajstić information content (AvgIpc) is 3.57. The highest BCUT2D eigenvalue weighted by Gasteiger charge is 2.47. The zero-order valence-electron chi connectivity index (χ0n) is 20.4. The van der Waals surface area contributed by atoms with Gasteiger partial charge in [-0.2, -0.15) is 0 Å². The highest BCUT2D eigenvalue weighted by Crippen LogP contribution is 2.40. The number of hydrogen-bond acceptors (Lipinski definition) is 6. The predicted molar refractivity (Wildman–Crippen MR) is 130 cm³/mol. The smallest absolute Gasteiger partial charge is 0.290 e. The highest BCUT2D eigenvalue weighted by molar-refractivity contribution is 5.81. The van der Waals surface area contributed by atoms with E-state index in [1.807, 2.05) is 36.7 Å². The normalized spacial score (nSPS) is 21.6. The summed E-state index contributed by atoms with van der Waals surface area (Å²) in [7, 11) is 1.65. The van der Waals surface area contributed by atoms with E-state index in [1.165, 1.54) is 32.2 Å². The van der Waals surface area contributed by atoms with Crippen molar-refractivity contribution in [1.29, 1.82) is 0 Å². The number of carboxylic acid groups (broad SMARTS) is 1. The first kappa shape index (κ1) is 25.2. The maximum atomic E-state index is 13.0. The maximum absolute atomic E-state index is 13.0. The van der Waals surface area contributed by atoms with Gasteiger partial charge in [0.2, 0.25) is 0 Å². The third-order valence-corrected chi connectivity index (χ3v) is 7.43. The Morgan fingerprint density at radius 2 is 1.94 bits per heavy atom. The van der Waals surface area contributed by atoms with E-state index in [-0.39, 0.29) is 12.4 Å². The molecule has 1 saturated carbocycles. The van der Waals surface area contributed by atoms with Gasteiger partial charge in [0.25, 0.3) is 12.4 Å². The molecule has 2 N–H and O–H groups in total. The Kier molecular flexibility index (Phi) is 8.41. The van der Waals surface area contributed by atoms with Crippen molar-refractivity contribution < 1.29 is 24.2 Å². The third-order valence-electron chi connectivity index (χ3n) is 7.43. The van der Waals surface area contributed by atoms with Crippen molar-refractivity contribution in [3.63, 3.8) is 0 Å². The second-order valence-electron chi connectivity index (χ2n) is 9.63. The van der Waals surface area contributed by atoms with Crippen molar-refractivity contribution in [2.45, 2.75) is 63.3 Å². The molecule has 2 aliphatic heterocycles. The van der Waals surface area contributed by atoms with Gasteiger partial charge in [0.1, 0.15) is 17.2 Å². The highest BCUT2D eigenvalue weighted by atomic mass is 16.5. The number of rotatable bonds is 6. The van der Waals surface area contributed by atoms with E-state index in [1.54, 1.807) is 7.11 Å². The van der Waals surface area contributed by atoms with Crippen LogP contribution in [0.5, 0.6) is 5.75 Å². The minimum atomic E-state index is -0.503. The van der Waals surface area contributed by atoms with E-state index in [0.717, 1.165) is 49.0 Å². The second-order valence-corrected chi connectivity index (χ2v) is 9.63. The largest absolute Gasteiger partial charge is 0.497 e. The predicted octanol–water partition coefficient (Wildman–Crippen LogP) is 2.79. The fraction of sp³-hybridized carbons (Fsp3) is 0.577. The number of benzene rings is 1. The lowest BCUT2D eigenvalue weighted by molar-refractivity contribution is -0.174. The Hall–Kier alpha value is -2.91. The molecule has 0 bridgehead atoms. The maximum Gasteiger partial charge on any atom is 0.290 e. The van der Waals surface area contributed by atoms with Gasteiger partial charge in [-0.15, -0.1) is 0 Å². The van der Waals surface area contributed by atoms with Crippen LogP contribution in [0.15, 0.2) is 36.7 Å². The number of fused-ring (bicyclic) bond motifs is 2. The first-order chi connectivity index (χ1) is 17.1. The molecule has 1 aromatic carbocycles. The molecule has 3 aliphatic rings. The van der Waals surface area contributed by atoms with Gasteiger partial charge in [-0.1, -0.05) is 25.0 Å². The van der Waals surface area contributed by atoms with Crippen molar-refractivity contribution in [3.8, 4) is 5.75 Å².